The van der Waals surface area contributed by atoms with Gasteiger partial charge in [0, 0.05) is 23.2 Å². The highest BCUT2D eigenvalue weighted by Crippen LogP contribution is 2.38. The predicted octanol–water partition coefficient (Wildman–Crippen LogP) is 7.57. The van der Waals surface area contributed by atoms with Gasteiger partial charge in [-0.1, -0.05) is 78.9 Å². The summed E-state index contributed by atoms with van der Waals surface area (Å²) in [7, 11) is -0.384. The largest absolute Gasteiger partial charge is 0.494 e. The molecule has 0 saturated carbocycles. The summed E-state index contributed by atoms with van der Waals surface area (Å²) in [6.45, 7) is 8.34. The third-order valence-electron chi connectivity index (χ3n) is 8.39. The highest BCUT2D eigenvalue weighted by Gasteiger charge is 2.51. The van der Waals surface area contributed by atoms with Gasteiger partial charge in [0.05, 0.1) is 22.2 Å². The van der Waals surface area contributed by atoms with E-state index in [4.69, 9.17) is 14.3 Å². The fourth-order valence-electron chi connectivity index (χ4n) is 5.53. The second kappa shape index (κ2) is 8.73. The molecule has 1 aromatic heterocycles. The lowest BCUT2D eigenvalue weighted by Gasteiger charge is -2.32. The average Bonchev–Trinajstić information content (AvgIpc) is 3.19. The van der Waals surface area contributed by atoms with Gasteiger partial charge in [-0.2, -0.15) is 0 Å². The maximum atomic E-state index is 6.31. The summed E-state index contributed by atoms with van der Waals surface area (Å²) in [5.41, 5.74) is 6.79. The van der Waals surface area contributed by atoms with Crippen molar-refractivity contribution in [2.75, 3.05) is 0 Å². The van der Waals surface area contributed by atoms with E-state index in [1.807, 2.05) is 0 Å². The smallest absolute Gasteiger partial charge is 0.399 e. The molecule has 4 nitrogen and oxygen atoms in total. The Kier molecular flexibility index (Phi) is 5.38. The molecule has 2 heterocycles. The van der Waals surface area contributed by atoms with Crippen molar-refractivity contribution in [1.82, 2.24) is 9.97 Å². The van der Waals surface area contributed by atoms with Gasteiger partial charge >= 0.3 is 7.12 Å². The molecule has 0 aliphatic carbocycles. The molecular weight excluding hydrogens is 479 g/mol. The maximum Gasteiger partial charge on any atom is 0.494 e. The number of nitrogens with zero attached hydrogens (tertiary/aromatic N) is 2. The molecule has 7 rings (SSSR count). The molecule has 6 aromatic rings. The SMILES string of the molecule is CC1(C)OB(c2cccc(-c3cccc(-c4ccc5c(c4)c4ccccc4c4nccnc54)c3)c2)OC1(C)C. The molecule has 5 aromatic carbocycles. The highest BCUT2D eigenvalue weighted by atomic mass is 16.7. The summed E-state index contributed by atoms with van der Waals surface area (Å²) >= 11 is 0. The van der Waals surface area contributed by atoms with Gasteiger partial charge in [-0.25, -0.2) is 0 Å². The lowest BCUT2D eigenvalue weighted by Crippen LogP contribution is -2.41. The average molecular weight is 508 g/mol. The Morgan fingerprint density at radius 2 is 1.05 bits per heavy atom. The first-order valence-electron chi connectivity index (χ1n) is 13.4. The fourth-order valence-corrected chi connectivity index (χ4v) is 5.53. The molecule has 5 heteroatoms. The van der Waals surface area contributed by atoms with Crippen LogP contribution in [0.15, 0.2) is 103 Å². The lowest BCUT2D eigenvalue weighted by molar-refractivity contribution is 0.00578. The van der Waals surface area contributed by atoms with Crippen molar-refractivity contribution >= 4 is 45.2 Å². The fraction of sp³-hybridized carbons (Fsp3) is 0.176. The molecule has 0 amide bonds. The first-order valence-corrected chi connectivity index (χ1v) is 13.4. The first-order chi connectivity index (χ1) is 18.8. The zero-order chi connectivity index (χ0) is 26.8. The Bertz CT molecular complexity index is 1850. The summed E-state index contributed by atoms with van der Waals surface area (Å²) < 4.78 is 12.6. The van der Waals surface area contributed by atoms with E-state index in [2.05, 4.69) is 124 Å². The molecule has 0 spiro atoms. The van der Waals surface area contributed by atoms with Crippen LogP contribution in [0.4, 0.5) is 0 Å². The van der Waals surface area contributed by atoms with Crippen LogP contribution in [0.5, 0.6) is 0 Å². The molecule has 0 N–H and O–H groups in total. The molecule has 0 bridgehead atoms. The van der Waals surface area contributed by atoms with E-state index < -0.39 is 0 Å². The third-order valence-corrected chi connectivity index (χ3v) is 8.39. The van der Waals surface area contributed by atoms with Crippen LogP contribution < -0.4 is 5.46 Å². The number of aromatic nitrogens is 2. The topological polar surface area (TPSA) is 44.2 Å². The van der Waals surface area contributed by atoms with Gasteiger partial charge < -0.3 is 9.31 Å². The zero-order valence-electron chi connectivity index (χ0n) is 22.6. The Morgan fingerprint density at radius 3 is 1.72 bits per heavy atom. The van der Waals surface area contributed by atoms with E-state index in [0.29, 0.717) is 0 Å². The van der Waals surface area contributed by atoms with Gasteiger partial charge in [0.25, 0.3) is 0 Å². The van der Waals surface area contributed by atoms with Gasteiger partial charge in [-0.3, -0.25) is 9.97 Å². The Hall–Kier alpha value is -4.06. The molecule has 1 aliphatic heterocycles. The van der Waals surface area contributed by atoms with Crippen molar-refractivity contribution in [3.05, 3.63) is 103 Å². The zero-order valence-corrected chi connectivity index (χ0v) is 22.6. The van der Waals surface area contributed by atoms with Crippen molar-refractivity contribution < 1.29 is 9.31 Å². The number of hydrogen-bond acceptors (Lipinski definition) is 4. The predicted molar refractivity (Wildman–Crippen MR) is 161 cm³/mol. The van der Waals surface area contributed by atoms with E-state index in [9.17, 15) is 0 Å². The van der Waals surface area contributed by atoms with Gasteiger partial charge in [-0.05, 0) is 78.3 Å². The molecule has 0 unspecified atom stereocenters. The van der Waals surface area contributed by atoms with Crippen molar-refractivity contribution in [3.63, 3.8) is 0 Å². The normalized spacial score (nSPS) is 16.4. The first kappa shape index (κ1) is 24.0. The maximum absolute atomic E-state index is 6.31. The molecule has 1 saturated heterocycles. The van der Waals surface area contributed by atoms with Crippen molar-refractivity contribution in [1.29, 1.82) is 0 Å². The summed E-state index contributed by atoms with van der Waals surface area (Å²) in [6.07, 6.45) is 3.54. The standard InChI is InChI=1S/C34H29BN2O2/c1-33(2)34(3,4)39-35(38-33)26-12-8-11-24(20-26)22-9-7-10-23(19-22)25-15-16-29-30(21-25)27-13-5-6-14-28(27)31-32(29)37-18-17-36-31/h5-21H,1-4H3. The van der Waals surface area contributed by atoms with Gasteiger partial charge in [0.15, 0.2) is 0 Å². The van der Waals surface area contributed by atoms with Crippen molar-refractivity contribution in [2.24, 2.45) is 0 Å². The van der Waals surface area contributed by atoms with E-state index in [-0.39, 0.29) is 18.3 Å². The Morgan fingerprint density at radius 1 is 0.513 bits per heavy atom. The summed E-state index contributed by atoms with van der Waals surface area (Å²) in [5, 5.41) is 4.61. The van der Waals surface area contributed by atoms with Crippen LogP contribution in [0, 0.1) is 0 Å². The van der Waals surface area contributed by atoms with Gasteiger partial charge in [0.2, 0.25) is 0 Å². The molecule has 1 fully saturated rings. The number of rotatable bonds is 3. The number of benzene rings is 5. The molecule has 190 valence electrons. The van der Waals surface area contributed by atoms with Crippen LogP contribution in [0.3, 0.4) is 0 Å². The highest BCUT2D eigenvalue weighted by molar-refractivity contribution is 6.62. The lowest BCUT2D eigenvalue weighted by atomic mass is 9.78. The Labute approximate surface area is 228 Å². The Balaban J connectivity index is 1.31. The van der Waals surface area contributed by atoms with Crippen LogP contribution in [0.2, 0.25) is 0 Å². The van der Waals surface area contributed by atoms with Gasteiger partial charge in [0.1, 0.15) is 0 Å². The van der Waals surface area contributed by atoms with Crippen LogP contribution in [-0.2, 0) is 9.31 Å². The summed E-state index contributed by atoms with van der Waals surface area (Å²) in [5.74, 6) is 0. The monoisotopic (exact) mass is 508 g/mol. The van der Waals surface area contributed by atoms with E-state index >= 15 is 0 Å². The minimum Gasteiger partial charge on any atom is -0.399 e. The quantitative estimate of drug-likeness (QED) is 0.183. The van der Waals surface area contributed by atoms with E-state index in [1.165, 1.54) is 21.9 Å². The molecule has 0 radical (unpaired) electrons. The molecule has 1 aliphatic rings. The second-order valence-electron chi connectivity index (χ2n) is 11.4. The molecule has 0 atom stereocenters. The van der Waals surface area contributed by atoms with Crippen LogP contribution in [0.1, 0.15) is 27.7 Å². The van der Waals surface area contributed by atoms with Crippen molar-refractivity contribution in [3.8, 4) is 22.3 Å². The molecule has 39 heavy (non-hydrogen) atoms. The minimum absolute atomic E-state index is 0.370. The summed E-state index contributed by atoms with van der Waals surface area (Å²) in [4.78, 5) is 9.35. The molecular formula is C34H29BN2O2. The van der Waals surface area contributed by atoms with Crippen LogP contribution in [0.25, 0.3) is 54.8 Å². The number of fused-ring (bicyclic) bond motifs is 6. The third kappa shape index (κ3) is 3.92. The van der Waals surface area contributed by atoms with E-state index in [1.54, 1.807) is 12.4 Å². The second-order valence-corrected chi connectivity index (χ2v) is 11.4. The number of hydrogen-bond donors (Lipinski definition) is 0. The van der Waals surface area contributed by atoms with Crippen molar-refractivity contribution in [2.45, 2.75) is 38.9 Å². The van der Waals surface area contributed by atoms with Crippen LogP contribution >= 0.6 is 0 Å². The van der Waals surface area contributed by atoms with Gasteiger partial charge in [-0.15, -0.1) is 0 Å². The van der Waals surface area contributed by atoms with E-state index in [0.717, 1.165) is 38.4 Å². The van der Waals surface area contributed by atoms with Crippen LogP contribution in [-0.4, -0.2) is 28.3 Å². The minimum atomic E-state index is -0.384. The summed E-state index contributed by atoms with van der Waals surface area (Å²) in [6, 6.07) is 32.3.